The lowest BCUT2D eigenvalue weighted by Crippen LogP contribution is -2.40. The minimum Gasteiger partial charge on any atom is -0.343 e. The quantitative estimate of drug-likeness (QED) is 0.689. The monoisotopic (exact) mass is 199 g/mol. The van der Waals surface area contributed by atoms with E-state index in [0.717, 1.165) is 6.42 Å². The maximum Gasteiger partial charge on any atom is 0.217 e. The molecule has 2 aliphatic rings. The summed E-state index contributed by atoms with van der Waals surface area (Å²) < 4.78 is 0. The van der Waals surface area contributed by atoms with Gasteiger partial charge in [0.2, 0.25) is 5.91 Å². The molecule has 3 rings (SSSR count). The number of allylic oxidation sites excluding steroid dienone is 1. The zero-order valence-electron chi connectivity index (χ0n) is 8.66. The van der Waals surface area contributed by atoms with Crippen molar-refractivity contribution in [3.63, 3.8) is 0 Å². The molecule has 0 aliphatic heterocycles. The number of fused-ring (bicyclic) bond motifs is 5. The molecule has 2 heteroatoms. The molecule has 0 unspecified atom stereocenters. The summed E-state index contributed by atoms with van der Waals surface area (Å²) in [6.45, 7) is 1.58. The lowest BCUT2D eigenvalue weighted by molar-refractivity contribution is -0.120. The third kappa shape index (κ3) is 1.08. The highest BCUT2D eigenvalue weighted by Crippen LogP contribution is 2.50. The second-order valence-corrected chi connectivity index (χ2v) is 4.41. The van der Waals surface area contributed by atoms with Gasteiger partial charge >= 0.3 is 0 Å². The average Bonchev–Trinajstić information content (AvgIpc) is 2.73. The molecule has 76 valence electrons. The van der Waals surface area contributed by atoms with Gasteiger partial charge in [-0.25, -0.2) is 0 Å². The fraction of sp³-hybridized carbons (Fsp3) is 0.308. The molecule has 0 radical (unpaired) electrons. The highest BCUT2D eigenvalue weighted by molar-refractivity contribution is 5.75. The first-order chi connectivity index (χ1) is 7.21. The molecule has 1 aromatic carbocycles. The van der Waals surface area contributed by atoms with Crippen LogP contribution in [-0.4, -0.2) is 5.91 Å². The van der Waals surface area contributed by atoms with Crippen molar-refractivity contribution < 1.29 is 4.79 Å². The van der Waals surface area contributed by atoms with Gasteiger partial charge in [-0.3, -0.25) is 4.79 Å². The maximum atomic E-state index is 11.2. The van der Waals surface area contributed by atoms with Gasteiger partial charge in [0.1, 0.15) is 0 Å². The molecule has 2 atom stereocenters. The van der Waals surface area contributed by atoms with Crippen LogP contribution in [0.1, 0.15) is 30.4 Å². The zero-order chi connectivity index (χ0) is 10.5. The van der Waals surface area contributed by atoms with Crippen molar-refractivity contribution in [2.75, 3.05) is 0 Å². The van der Waals surface area contributed by atoms with Crippen LogP contribution in [0.15, 0.2) is 36.4 Å². The summed E-state index contributed by atoms with van der Waals surface area (Å²) in [4.78, 5) is 11.2. The molecule has 1 N–H and O–H groups in total. The van der Waals surface area contributed by atoms with Crippen molar-refractivity contribution >= 4 is 5.91 Å². The number of hydrogen-bond donors (Lipinski definition) is 1. The van der Waals surface area contributed by atoms with Crippen LogP contribution < -0.4 is 5.32 Å². The van der Waals surface area contributed by atoms with E-state index in [1.54, 1.807) is 6.92 Å². The van der Waals surface area contributed by atoms with Crippen LogP contribution in [0, 0.1) is 0 Å². The van der Waals surface area contributed by atoms with Crippen molar-refractivity contribution in [1.82, 2.24) is 5.32 Å². The molecule has 2 aliphatic carbocycles. The van der Waals surface area contributed by atoms with Crippen LogP contribution in [0.4, 0.5) is 0 Å². The van der Waals surface area contributed by atoms with E-state index in [1.807, 2.05) is 6.07 Å². The highest BCUT2D eigenvalue weighted by Gasteiger charge is 2.45. The van der Waals surface area contributed by atoms with E-state index in [9.17, 15) is 4.79 Å². The summed E-state index contributed by atoms with van der Waals surface area (Å²) in [5.74, 6) is 0.532. The summed E-state index contributed by atoms with van der Waals surface area (Å²) in [5, 5.41) is 3.08. The van der Waals surface area contributed by atoms with Gasteiger partial charge in [-0.2, -0.15) is 0 Å². The van der Waals surface area contributed by atoms with Gasteiger partial charge in [0.05, 0.1) is 5.54 Å². The standard InChI is InChI=1S/C13H13NO/c1-9(15)14-13-7-6-10(8-13)11-4-2-3-5-12(11)13/h2-7,10H,8H2,1H3,(H,14,15)/t10-,13-/m0/s1. The second-order valence-electron chi connectivity index (χ2n) is 4.41. The molecular formula is C13H13NO. The Morgan fingerprint density at radius 2 is 2.27 bits per heavy atom. The Morgan fingerprint density at radius 1 is 1.47 bits per heavy atom. The van der Waals surface area contributed by atoms with Gasteiger partial charge in [0.15, 0.2) is 0 Å². The Kier molecular flexibility index (Phi) is 1.58. The molecule has 2 bridgehead atoms. The summed E-state index contributed by atoms with van der Waals surface area (Å²) >= 11 is 0. The fourth-order valence-electron chi connectivity index (χ4n) is 2.88. The Hall–Kier alpha value is -1.57. The van der Waals surface area contributed by atoms with Crippen molar-refractivity contribution in [1.29, 1.82) is 0 Å². The van der Waals surface area contributed by atoms with Crippen LogP contribution in [0.25, 0.3) is 0 Å². The Morgan fingerprint density at radius 3 is 3.07 bits per heavy atom. The number of nitrogens with one attached hydrogen (secondary N) is 1. The van der Waals surface area contributed by atoms with Crippen molar-refractivity contribution in [3.8, 4) is 0 Å². The van der Waals surface area contributed by atoms with Crippen LogP contribution in [0.3, 0.4) is 0 Å². The largest absolute Gasteiger partial charge is 0.343 e. The maximum absolute atomic E-state index is 11.2. The molecule has 0 spiro atoms. The van der Waals surface area contributed by atoms with Gasteiger partial charge < -0.3 is 5.32 Å². The SMILES string of the molecule is CC(=O)N[C@@]12C=C[C@@H](C1)c1ccccc12. The van der Waals surface area contributed by atoms with Crippen LogP contribution in [-0.2, 0) is 10.3 Å². The van der Waals surface area contributed by atoms with Gasteiger partial charge in [0.25, 0.3) is 0 Å². The first kappa shape index (κ1) is 8.72. The lowest BCUT2D eigenvalue weighted by Gasteiger charge is -2.26. The van der Waals surface area contributed by atoms with E-state index in [1.165, 1.54) is 11.1 Å². The van der Waals surface area contributed by atoms with Crippen molar-refractivity contribution in [3.05, 3.63) is 47.5 Å². The summed E-state index contributed by atoms with van der Waals surface area (Å²) in [7, 11) is 0. The van der Waals surface area contributed by atoms with E-state index in [-0.39, 0.29) is 11.4 Å². The predicted octanol–water partition coefficient (Wildman–Crippen LogP) is 2.08. The number of amides is 1. The molecule has 0 saturated carbocycles. The van der Waals surface area contributed by atoms with E-state index >= 15 is 0 Å². The molecule has 0 heterocycles. The number of hydrogen-bond acceptors (Lipinski definition) is 1. The zero-order valence-corrected chi connectivity index (χ0v) is 8.66. The lowest BCUT2D eigenvalue weighted by atomic mass is 9.91. The molecule has 2 nitrogen and oxygen atoms in total. The van der Waals surface area contributed by atoms with Gasteiger partial charge in [-0.05, 0) is 17.5 Å². The van der Waals surface area contributed by atoms with Crippen molar-refractivity contribution in [2.24, 2.45) is 0 Å². The van der Waals surface area contributed by atoms with E-state index < -0.39 is 0 Å². The average molecular weight is 199 g/mol. The first-order valence-electron chi connectivity index (χ1n) is 5.29. The normalized spacial score (nSPS) is 30.3. The number of carbonyl (C=O) groups is 1. The van der Waals surface area contributed by atoms with E-state index in [2.05, 4.69) is 35.7 Å². The Bertz CT molecular complexity index is 463. The molecular weight excluding hydrogens is 186 g/mol. The number of benzene rings is 1. The van der Waals surface area contributed by atoms with Crippen LogP contribution in [0.5, 0.6) is 0 Å². The number of rotatable bonds is 1. The Labute approximate surface area is 89.0 Å². The fourth-order valence-corrected chi connectivity index (χ4v) is 2.88. The summed E-state index contributed by atoms with van der Waals surface area (Å²) in [5.41, 5.74) is 2.43. The molecule has 15 heavy (non-hydrogen) atoms. The van der Waals surface area contributed by atoms with Gasteiger partial charge in [-0.15, -0.1) is 0 Å². The molecule has 1 amide bonds. The first-order valence-corrected chi connectivity index (χ1v) is 5.29. The minimum absolute atomic E-state index is 0.0389. The third-order valence-corrected chi connectivity index (χ3v) is 3.39. The second kappa shape index (κ2) is 2.72. The minimum atomic E-state index is -0.215. The molecule has 0 fully saturated rings. The highest BCUT2D eigenvalue weighted by atomic mass is 16.1. The Balaban J connectivity index is 2.12. The van der Waals surface area contributed by atoms with Gasteiger partial charge in [0, 0.05) is 12.8 Å². The molecule has 0 aromatic heterocycles. The van der Waals surface area contributed by atoms with Crippen molar-refractivity contribution in [2.45, 2.75) is 24.8 Å². The predicted molar refractivity (Wildman–Crippen MR) is 58.4 cm³/mol. The topological polar surface area (TPSA) is 29.1 Å². The molecule has 0 saturated heterocycles. The molecule has 1 aromatic rings. The number of carbonyl (C=O) groups excluding carboxylic acids is 1. The summed E-state index contributed by atoms with van der Waals surface area (Å²) in [6.07, 6.45) is 5.34. The summed E-state index contributed by atoms with van der Waals surface area (Å²) in [6, 6.07) is 8.38. The van der Waals surface area contributed by atoms with Gasteiger partial charge in [-0.1, -0.05) is 36.4 Å². The van der Waals surface area contributed by atoms with E-state index in [0.29, 0.717) is 5.92 Å². The van der Waals surface area contributed by atoms with E-state index in [4.69, 9.17) is 0 Å². The van der Waals surface area contributed by atoms with Crippen LogP contribution >= 0.6 is 0 Å². The third-order valence-electron chi connectivity index (χ3n) is 3.39. The van der Waals surface area contributed by atoms with Crippen LogP contribution in [0.2, 0.25) is 0 Å². The smallest absolute Gasteiger partial charge is 0.217 e.